The Bertz CT molecular complexity index is 317. The van der Waals surface area contributed by atoms with Crippen LogP contribution in [0.4, 0.5) is 0 Å². The first-order valence-corrected chi connectivity index (χ1v) is 6.07. The van der Waals surface area contributed by atoms with Crippen molar-refractivity contribution in [1.29, 1.82) is 0 Å². The molecular weight excluding hydrogens is 218 g/mol. The van der Waals surface area contributed by atoms with Gasteiger partial charge in [-0.2, -0.15) is 0 Å². The van der Waals surface area contributed by atoms with Gasteiger partial charge in [-0.1, -0.05) is 13.8 Å². The number of nitrogens with zero attached hydrogens (tertiary/aromatic N) is 1. The summed E-state index contributed by atoms with van der Waals surface area (Å²) < 4.78 is 10.2. The minimum atomic E-state index is -0.0549. The number of ether oxygens (including phenoxy) is 1. The molecule has 1 aromatic heterocycles. The van der Waals surface area contributed by atoms with Gasteiger partial charge in [0, 0.05) is 19.7 Å². The Morgan fingerprint density at radius 3 is 2.65 bits per heavy atom. The molecule has 17 heavy (non-hydrogen) atoms. The van der Waals surface area contributed by atoms with Crippen LogP contribution in [-0.4, -0.2) is 37.1 Å². The van der Waals surface area contributed by atoms with Gasteiger partial charge in [0.25, 0.3) is 5.91 Å². The van der Waals surface area contributed by atoms with Crippen molar-refractivity contribution in [3.63, 3.8) is 0 Å². The van der Waals surface area contributed by atoms with Crippen molar-refractivity contribution in [3.8, 4) is 0 Å². The first-order valence-electron chi connectivity index (χ1n) is 6.07. The van der Waals surface area contributed by atoms with Crippen molar-refractivity contribution in [2.24, 2.45) is 0 Å². The quantitative estimate of drug-likeness (QED) is 0.734. The molecular formula is C13H21NO3. The fourth-order valence-corrected chi connectivity index (χ4v) is 1.91. The molecule has 0 aliphatic rings. The fraction of sp³-hybridized carbons (Fsp3) is 0.615. The molecule has 1 aromatic rings. The van der Waals surface area contributed by atoms with E-state index >= 15 is 0 Å². The molecule has 0 saturated heterocycles. The standard InChI is InChI=1S/C13H21NO3/c1-4-11(5-2)14(8-10-16-3)13(15)12-7-6-9-17-12/h6-7,9,11H,4-5,8,10H2,1-3H3. The van der Waals surface area contributed by atoms with Crippen LogP contribution in [0.2, 0.25) is 0 Å². The Morgan fingerprint density at radius 1 is 1.47 bits per heavy atom. The van der Waals surface area contributed by atoms with Crippen LogP contribution in [0.5, 0.6) is 0 Å². The van der Waals surface area contributed by atoms with Crippen LogP contribution >= 0.6 is 0 Å². The van der Waals surface area contributed by atoms with Gasteiger partial charge in [-0.3, -0.25) is 4.79 Å². The summed E-state index contributed by atoms with van der Waals surface area (Å²) in [5, 5.41) is 0. The number of rotatable bonds is 7. The third-order valence-corrected chi connectivity index (χ3v) is 2.91. The van der Waals surface area contributed by atoms with E-state index in [1.54, 1.807) is 19.2 Å². The van der Waals surface area contributed by atoms with Crippen LogP contribution in [0.15, 0.2) is 22.8 Å². The molecule has 4 nitrogen and oxygen atoms in total. The molecule has 1 rings (SSSR count). The lowest BCUT2D eigenvalue weighted by atomic mass is 10.1. The van der Waals surface area contributed by atoms with E-state index in [4.69, 9.17) is 9.15 Å². The zero-order chi connectivity index (χ0) is 12.7. The van der Waals surface area contributed by atoms with E-state index in [0.29, 0.717) is 18.9 Å². The maximum absolute atomic E-state index is 12.2. The van der Waals surface area contributed by atoms with Crippen molar-refractivity contribution in [3.05, 3.63) is 24.2 Å². The highest BCUT2D eigenvalue weighted by Crippen LogP contribution is 2.13. The Morgan fingerprint density at radius 2 is 2.18 bits per heavy atom. The van der Waals surface area contributed by atoms with Gasteiger partial charge in [0.15, 0.2) is 5.76 Å². The number of amides is 1. The predicted octanol–water partition coefficient (Wildman–Crippen LogP) is 2.56. The van der Waals surface area contributed by atoms with Gasteiger partial charge in [0.2, 0.25) is 0 Å². The molecule has 0 saturated carbocycles. The van der Waals surface area contributed by atoms with Crippen molar-refractivity contribution in [1.82, 2.24) is 4.90 Å². The average Bonchev–Trinajstić information content (AvgIpc) is 2.87. The molecule has 0 atom stereocenters. The van der Waals surface area contributed by atoms with Gasteiger partial charge in [-0.15, -0.1) is 0 Å². The molecule has 4 heteroatoms. The molecule has 0 spiro atoms. The van der Waals surface area contributed by atoms with E-state index in [9.17, 15) is 4.79 Å². The second-order valence-electron chi connectivity index (χ2n) is 3.94. The summed E-state index contributed by atoms with van der Waals surface area (Å²) in [5.74, 6) is 0.341. The van der Waals surface area contributed by atoms with Crippen molar-refractivity contribution >= 4 is 5.91 Å². The van der Waals surface area contributed by atoms with E-state index in [0.717, 1.165) is 12.8 Å². The number of hydrogen-bond donors (Lipinski definition) is 0. The first kappa shape index (κ1) is 13.8. The lowest BCUT2D eigenvalue weighted by molar-refractivity contribution is 0.0558. The summed E-state index contributed by atoms with van der Waals surface area (Å²) in [6.07, 6.45) is 3.40. The van der Waals surface area contributed by atoms with E-state index in [2.05, 4.69) is 13.8 Å². The zero-order valence-corrected chi connectivity index (χ0v) is 10.8. The van der Waals surface area contributed by atoms with Crippen LogP contribution in [0.25, 0.3) is 0 Å². The lowest BCUT2D eigenvalue weighted by Gasteiger charge is -2.29. The summed E-state index contributed by atoms with van der Waals surface area (Å²) in [6.45, 7) is 5.32. The van der Waals surface area contributed by atoms with Gasteiger partial charge in [0.05, 0.1) is 12.9 Å². The van der Waals surface area contributed by atoms with E-state index in [1.165, 1.54) is 6.26 Å². The highest BCUT2D eigenvalue weighted by Gasteiger charge is 2.23. The van der Waals surface area contributed by atoms with Gasteiger partial charge in [-0.05, 0) is 25.0 Å². The molecule has 0 bridgehead atoms. The van der Waals surface area contributed by atoms with E-state index in [1.807, 2.05) is 4.90 Å². The Balaban J connectivity index is 2.77. The van der Waals surface area contributed by atoms with Gasteiger partial charge in [-0.25, -0.2) is 0 Å². The van der Waals surface area contributed by atoms with Crippen molar-refractivity contribution in [2.75, 3.05) is 20.3 Å². The second kappa shape index (κ2) is 7.12. The van der Waals surface area contributed by atoms with Crippen LogP contribution < -0.4 is 0 Å². The van der Waals surface area contributed by atoms with Crippen LogP contribution in [0.3, 0.4) is 0 Å². The van der Waals surface area contributed by atoms with Gasteiger partial charge < -0.3 is 14.1 Å². The largest absolute Gasteiger partial charge is 0.459 e. The van der Waals surface area contributed by atoms with Crippen molar-refractivity contribution in [2.45, 2.75) is 32.7 Å². The summed E-state index contributed by atoms with van der Waals surface area (Å²) in [4.78, 5) is 14.1. The van der Waals surface area contributed by atoms with Gasteiger partial charge >= 0.3 is 0 Å². The SMILES string of the molecule is CCC(CC)N(CCOC)C(=O)c1ccco1. The summed E-state index contributed by atoms with van der Waals surface area (Å²) in [6, 6.07) is 3.67. The lowest BCUT2D eigenvalue weighted by Crippen LogP contribution is -2.41. The molecule has 96 valence electrons. The predicted molar refractivity (Wildman–Crippen MR) is 66.0 cm³/mol. The topological polar surface area (TPSA) is 42.7 Å². The molecule has 1 amide bonds. The van der Waals surface area contributed by atoms with E-state index < -0.39 is 0 Å². The van der Waals surface area contributed by atoms with Crippen molar-refractivity contribution < 1.29 is 13.9 Å². The number of furan rings is 1. The molecule has 0 aliphatic heterocycles. The fourth-order valence-electron chi connectivity index (χ4n) is 1.91. The van der Waals surface area contributed by atoms with Crippen LogP contribution in [0.1, 0.15) is 37.2 Å². The molecule has 0 N–H and O–H groups in total. The maximum Gasteiger partial charge on any atom is 0.289 e. The minimum absolute atomic E-state index is 0.0549. The molecule has 0 aliphatic carbocycles. The summed E-state index contributed by atoms with van der Waals surface area (Å²) >= 11 is 0. The summed E-state index contributed by atoms with van der Waals surface area (Å²) in [7, 11) is 1.64. The molecule has 0 fully saturated rings. The number of carbonyl (C=O) groups excluding carboxylic acids is 1. The van der Waals surface area contributed by atoms with Crippen LogP contribution in [0, 0.1) is 0 Å². The minimum Gasteiger partial charge on any atom is -0.459 e. The Hall–Kier alpha value is -1.29. The zero-order valence-electron chi connectivity index (χ0n) is 10.8. The van der Waals surface area contributed by atoms with Crippen LogP contribution in [-0.2, 0) is 4.74 Å². The monoisotopic (exact) mass is 239 g/mol. The molecule has 1 heterocycles. The smallest absolute Gasteiger partial charge is 0.289 e. The number of carbonyl (C=O) groups is 1. The maximum atomic E-state index is 12.2. The highest BCUT2D eigenvalue weighted by atomic mass is 16.5. The molecule has 0 radical (unpaired) electrons. The van der Waals surface area contributed by atoms with Gasteiger partial charge in [0.1, 0.15) is 0 Å². The number of methoxy groups -OCH3 is 1. The normalized spacial score (nSPS) is 10.8. The third-order valence-electron chi connectivity index (χ3n) is 2.91. The highest BCUT2D eigenvalue weighted by molar-refractivity contribution is 5.91. The molecule has 0 aromatic carbocycles. The second-order valence-corrected chi connectivity index (χ2v) is 3.94. The third kappa shape index (κ3) is 3.60. The summed E-state index contributed by atoms with van der Waals surface area (Å²) in [5.41, 5.74) is 0. The van der Waals surface area contributed by atoms with E-state index in [-0.39, 0.29) is 11.9 Å². The molecule has 0 unspecified atom stereocenters. The Labute approximate surface area is 103 Å². The average molecular weight is 239 g/mol. The first-order chi connectivity index (χ1) is 8.24. The number of hydrogen-bond acceptors (Lipinski definition) is 3. The Kier molecular flexibility index (Phi) is 5.77.